The van der Waals surface area contributed by atoms with Crippen molar-refractivity contribution in [3.05, 3.63) is 0 Å². The summed E-state index contributed by atoms with van der Waals surface area (Å²) in [5.74, 6) is 0. The van der Waals surface area contributed by atoms with Crippen LogP contribution in [0.15, 0.2) is 0 Å². The fourth-order valence-electron chi connectivity index (χ4n) is 1.92. The topological polar surface area (TPSA) is 41.5 Å². The van der Waals surface area contributed by atoms with Gasteiger partial charge in [-0.05, 0) is 19.8 Å². The minimum absolute atomic E-state index is 0.157. The Morgan fingerprint density at radius 3 is 2.41 bits per heavy atom. The van der Waals surface area contributed by atoms with Crippen LogP contribution in [-0.4, -0.2) is 36.5 Å². The van der Waals surface area contributed by atoms with Crippen LogP contribution in [0.3, 0.4) is 0 Å². The Labute approximate surface area is 107 Å². The Hall–Kier alpha value is -0.120. The third kappa shape index (κ3) is 9.57. The van der Waals surface area contributed by atoms with Gasteiger partial charge in [0.1, 0.15) is 0 Å². The van der Waals surface area contributed by atoms with Gasteiger partial charge in [0.25, 0.3) is 0 Å². The highest BCUT2D eigenvalue weighted by Crippen LogP contribution is 2.10. The number of hydrogen-bond donors (Lipinski definition) is 2. The summed E-state index contributed by atoms with van der Waals surface area (Å²) < 4.78 is 5.61. The number of aliphatic hydroxyl groups excluding tert-OH is 1. The molecule has 0 amide bonds. The van der Waals surface area contributed by atoms with Gasteiger partial charge in [-0.1, -0.05) is 40.0 Å². The van der Waals surface area contributed by atoms with E-state index in [9.17, 15) is 5.11 Å². The van der Waals surface area contributed by atoms with E-state index in [4.69, 9.17) is 4.74 Å². The van der Waals surface area contributed by atoms with Gasteiger partial charge < -0.3 is 15.2 Å². The number of aliphatic hydroxyl groups is 1. The Morgan fingerprint density at radius 1 is 1.18 bits per heavy atom. The average molecular weight is 245 g/mol. The maximum Gasteiger partial charge on any atom is 0.0611 e. The van der Waals surface area contributed by atoms with Crippen molar-refractivity contribution in [3.63, 3.8) is 0 Å². The van der Waals surface area contributed by atoms with Gasteiger partial charge in [-0.3, -0.25) is 0 Å². The normalized spacial score (nSPS) is 15.2. The molecule has 0 spiro atoms. The van der Waals surface area contributed by atoms with Gasteiger partial charge in [-0.25, -0.2) is 0 Å². The summed E-state index contributed by atoms with van der Waals surface area (Å²) in [5.41, 5.74) is -0.211. The molecule has 0 aromatic rings. The summed E-state index contributed by atoms with van der Waals surface area (Å²) in [6.07, 6.45) is 5.84. The van der Waals surface area contributed by atoms with Gasteiger partial charge >= 0.3 is 0 Å². The molecule has 0 aromatic carbocycles. The predicted molar refractivity (Wildman–Crippen MR) is 73.3 cm³/mol. The standard InChI is InChI=1S/C14H31NO2/c1-5-6-7-8-10-17-11-9-14(4,12-16)15-13(2)3/h13,15-16H,5-12H2,1-4H3. The Kier molecular flexibility index (Phi) is 9.79. The molecule has 3 nitrogen and oxygen atoms in total. The van der Waals surface area contributed by atoms with Gasteiger partial charge in [0.05, 0.1) is 6.61 Å². The number of hydrogen-bond acceptors (Lipinski definition) is 3. The molecule has 0 fully saturated rings. The summed E-state index contributed by atoms with van der Waals surface area (Å²) in [7, 11) is 0. The summed E-state index contributed by atoms with van der Waals surface area (Å²) in [4.78, 5) is 0. The predicted octanol–water partition coefficient (Wildman–Crippen LogP) is 2.72. The molecule has 0 radical (unpaired) electrons. The van der Waals surface area contributed by atoms with Crippen molar-refractivity contribution in [2.24, 2.45) is 0 Å². The molecule has 0 saturated heterocycles. The van der Waals surface area contributed by atoms with Crippen molar-refractivity contribution in [2.45, 2.75) is 71.4 Å². The number of ether oxygens (including phenoxy) is 1. The first-order valence-corrected chi connectivity index (χ1v) is 7.00. The molecule has 2 N–H and O–H groups in total. The zero-order chi connectivity index (χ0) is 13.1. The van der Waals surface area contributed by atoms with Crippen LogP contribution in [-0.2, 0) is 4.74 Å². The Bertz CT molecular complexity index is 174. The van der Waals surface area contributed by atoms with E-state index in [2.05, 4.69) is 26.1 Å². The van der Waals surface area contributed by atoms with Gasteiger partial charge in [-0.2, -0.15) is 0 Å². The molecular weight excluding hydrogens is 214 g/mol. The quantitative estimate of drug-likeness (QED) is 0.550. The number of unbranched alkanes of at least 4 members (excludes halogenated alkanes) is 3. The largest absolute Gasteiger partial charge is 0.394 e. The van der Waals surface area contributed by atoms with Gasteiger partial charge in [-0.15, -0.1) is 0 Å². The lowest BCUT2D eigenvalue weighted by molar-refractivity contribution is 0.0814. The van der Waals surface area contributed by atoms with Crippen LogP contribution >= 0.6 is 0 Å². The first-order chi connectivity index (χ1) is 8.04. The molecule has 3 heteroatoms. The van der Waals surface area contributed by atoms with Crippen molar-refractivity contribution in [2.75, 3.05) is 19.8 Å². The maximum absolute atomic E-state index is 9.39. The lowest BCUT2D eigenvalue weighted by Gasteiger charge is -2.31. The minimum atomic E-state index is -0.211. The minimum Gasteiger partial charge on any atom is -0.394 e. The smallest absolute Gasteiger partial charge is 0.0611 e. The van der Waals surface area contributed by atoms with Crippen LogP contribution in [0.2, 0.25) is 0 Å². The fraction of sp³-hybridized carbons (Fsp3) is 1.00. The van der Waals surface area contributed by atoms with E-state index in [0.717, 1.165) is 26.1 Å². The van der Waals surface area contributed by atoms with Crippen LogP contribution in [0.1, 0.15) is 59.8 Å². The molecule has 104 valence electrons. The van der Waals surface area contributed by atoms with Crippen molar-refractivity contribution >= 4 is 0 Å². The van der Waals surface area contributed by atoms with Crippen LogP contribution < -0.4 is 5.32 Å². The summed E-state index contributed by atoms with van der Waals surface area (Å²) >= 11 is 0. The second-order valence-corrected chi connectivity index (χ2v) is 5.44. The molecule has 0 saturated carbocycles. The third-order valence-electron chi connectivity index (χ3n) is 2.93. The number of nitrogens with one attached hydrogen (secondary N) is 1. The molecule has 0 rings (SSSR count). The molecule has 0 aliphatic rings. The maximum atomic E-state index is 9.39. The van der Waals surface area contributed by atoms with Crippen molar-refractivity contribution in [3.8, 4) is 0 Å². The number of rotatable bonds is 11. The summed E-state index contributed by atoms with van der Waals surface area (Å²) in [6.45, 7) is 10.2. The van der Waals surface area contributed by atoms with Crippen LogP contribution in [0.5, 0.6) is 0 Å². The zero-order valence-electron chi connectivity index (χ0n) is 12.1. The Balaban J connectivity index is 3.55. The summed E-state index contributed by atoms with van der Waals surface area (Å²) in [5, 5.41) is 12.8. The van der Waals surface area contributed by atoms with E-state index < -0.39 is 0 Å². The zero-order valence-corrected chi connectivity index (χ0v) is 12.1. The fourth-order valence-corrected chi connectivity index (χ4v) is 1.92. The van der Waals surface area contributed by atoms with Crippen LogP contribution in [0.25, 0.3) is 0 Å². The molecule has 0 bridgehead atoms. The highest BCUT2D eigenvalue weighted by molar-refractivity contribution is 4.83. The molecule has 0 aromatic heterocycles. The van der Waals surface area contributed by atoms with Crippen molar-refractivity contribution in [1.82, 2.24) is 5.32 Å². The summed E-state index contributed by atoms with van der Waals surface area (Å²) in [6, 6.07) is 0.386. The molecule has 0 aliphatic carbocycles. The molecule has 0 heterocycles. The molecule has 0 aliphatic heterocycles. The second-order valence-electron chi connectivity index (χ2n) is 5.44. The van der Waals surface area contributed by atoms with Gasteiger partial charge in [0, 0.05) is 24.8 Å². The molecular formula is C14H31NO2. The monoisotopic (exact) mass is 245 g/mol. The van der Waals surface area contributed by atoms with Crippen molar-refractivity contribution < 1.29 is 9.84 Å². The van der Waals surface area contributed by atoms with Gasteiger partial charge in [0.15, 0.2) is 0 Å². The van der Waals surface area contributed by atoms with Crippen molar-refractivity contribution in [1.29, 1.82) is 0 Å². The van der Waals surface area contributed by atoms with Crippen LogP contribution in [0.4, 0.5) is 0 Å². The molecule has 17 heavy (non-hydrogen) atoms. The van der Waals surface area contributed by atoms with E-state index in [-0.39, 0.29) is 12.1 Å². The second kappa shape index (κ2) is 9.86. The van der Waals surface area contributed by atoms with E-state index in [1.807, 2.05) is 6.92 Å². The van der Waals surface area contributed by atoms with Crippen LogP contribution in [0, 0.1) is 0 Å². The average Bonchev–Trinajstić information content (AvgIpc) is 2.27. The van der Waals surface area contributed by atoms with E-state index in [1.54, 1.807) is 0 Å². The van der Waals surface area contributed by atoms with Gasteiger partial charge in [0.2, 0.25) is 0 Å². The first kappa shape index (κ1) is 16.9. The highest BCUT2D eigenvalue weighted by Gasteiger charge is 2.23. The van der Waals surface area contributed by atoms with E-state index in [1.165, 1.54) is 19.3 Å². The molecule has 1 unspecified atom stereocenters. The highest BCUT2D eigenvalue weighted by atomic mass is 16.5. The SMILES string of the molecule is CCCCCCOCCC(C)(CO)NC(C)C. The van der Waals surface area contributed by atoms with E-state index in [0.29, 0.717) is 6.04 Å². The third-order valence-corrected chi connectivity index (χ3v) is 2.93. The molecule has 1 atom stereocenters. The lowest BCUT2D eigenvalue weighted by atomic mass is 9.98. The van der Waals surface area contributed by atoms with E-state index >= 15 is 0 Å². The Morgan fingerprint density at radius 2 is 1.88 bits per heavy atom. The first-order valence-electron chi connectivity index (χ1n) is 7.00. The lowest BCUT2D eigenvalue weighted by Crippen LogP contribution is -2.49.